The van der Waals surface area contributed by atoms with Crippen molar-refractivity contribution in [3.05, 3.63) is 39.9 Å². The van der Waals surface area contributed by atoms with Crippen molar-refractivity contribution in [3.8, 4) is 0 Å². The first kappa shape index (κ1) is 13.7. The first-order chi connectivity index (χ1) is 8.19. The summed E-state index contributed by atoms with van der Waals surface area (Å²) in [6, 6.07) is 7.05. The van der Waals surface area contributed by atoms with Crippen LogP contribution < -0.4 is 0 Å². The number of nitrogens with zero attached hydrogens (tertiary/aromatic N) is 1. The van der Waals surface area contributed by atoms with E-state index in [0.717, 1.165) is 12.8 Å². The molecule has 0 spiro atoms. The molecule has 0 fully saturated rings. The fourth-order valence-electron chi connectivity index (χ4n) is 2.14. The van der Waals surface area contributed by atoms with Crippen LogP contribution in [0.15, 0.2) is 24.3 Å². The molecule has 0 bridgehead atoms. The van der Waals surface area contributed by atoms with Crippen LogP contribution in [0.3, 0.4) is 0 Å². The highest BCUT2D eigenvalue weighted by Gasteiger charge is 2.12. The standard InChI is InChI=1S/C14H21NO2/c1-3-5-7-12(6-4-2)13-8-10-14(11-9-13)15(16)17/h8-12H,3-7H2,1-2H3. The Labute approximate surface area is 103 Å². The van der Waals surface area contributed by atoms with E-state index < -0.39 is 0 Å². The van der Waals surface area contributed by atoms with E-state index in [1.807, 2.05) is 12.1 Å². The summed E-state index contributed by atoms with van der Waals surface area (Å²) in [7, 11) is 0. The van der Waals surface area contributed by atoms with Crippen molar-refractivity contribution in [2.24, 2.45) is 0 Å². The van der Waals surface area contributed by atoms with Crippen LogP contribution >= 0.6 is 0 Å². The second-order valence-corrected chi connectivity index (χ2v) is 4.48. The molecule has 0 saturated heterocycles. The first-order valence-corrected chi connectivity index (χ1v) is 6.43. The van der Waals surface area contributed by atoms with E-state index in [1.165, 1.54) is 24.8 Å². The predicted octanol–water partition coefficient (Wildman–Crippen LogP) is 4.67. The molecule has 0 radical (unpaired) electrons. The van der Waals surface area contributed by atoms with Crippen LogP contribution in [0.25, 0.3) is 0 Å². The molecule has 1 aromatic rings. The number of nitro groups is 1. The van der Waals surface area contributed by atoms with Gasteiger partial charge in [0.05, 0.1) is 4.92 Å². The Hall–Kier alpha value is -1.38. The molecule has 94 valence electrons. The Kier molecular flexibility index (Phi) is 5.67. The Balaban J connectivity index is 2.75. The van der Waals surface area contributed by atoms with Crippen molar-refractivity contribution < 1.29 is 4.92 Å². The molecule has 0 aliphatic rings. The van der Waals surface area contributed by atoms with Crippen molar-refractivity contribution in [2.45, 2.75) is 51.9 Å². The van der Waals surface area contributed by atoms with Gasteiger partial charge in [0.15, 0.2) is 0 Å². The summed E-state index contributed by atoms with van der Waals surface area (Å²) in [5.41, 5.74) is 1.42. The second-order valence-electron chi connectivity index (χ2n) is 4.48. The zero-order valence-electron chi connectivity index (χ0n) is 10.7. The lowest BCUT2D eigenvalue weighted by Gasteiger charge is -2.15. The van der Waals surface area contributed by atoms with Gasteiger partial charge in [-0.1, -0.05) is 45.2 Å². The van der Waals surface area contributed by atoms with Gasteiger partial charge in [0, 0.05) is 12.1 Å². The van der Waals surface area contributed by atoms with Crippen LogP contribution in [0, 0.1) is 10.1 Å². The zero-order chi connectivity index (χ0) is 12.7. The lowest BCUT2D eigenvalue weighted by atomic mass is 9.90. The molecule has 3 nitrogen and oxygen atoms in total. The van der Waals surface area contributed by atoms with Crippen LogP contribution in [-0.2, 0) is 0 Å². The molecule has 1 aromatic carbocycles. The van der Waals surface area contributed by atoms with Crippen molar-refractivity contribution >= 4 is 5.69 Å². The summed E-state index contributed by atoms with van der Waals surface area (Å²) in [6.07, 6.45) is 5.93. The molecule has 1 atom stereocenters. The van der Waals surface area contributed by atoms with E-state index >= 15 is 0 Å². The molecule has 1 unspecified atom stereocenters. The van der Waals surface area contributed by atoms with E-state index in [1.54, 1.807) is 12.1 Å². The normalized spacial score (nSPS) is 12.4. The van der Waals surface area contributed by atoms with E-state index in [9.17, 15) is 10.1 Å². The average Bonchev–Trinajstić information content (AvgIpc) is 2.34. The molecule has 0 amide bonds. The maximum atomic E-state index is 10.6. The fraction of sp³-hybridized carbons (Fsp3) is 0.571. The second kappa shape index (κ2) is 7.05. The van der Waals surface area contributed by atoms with Crippen molar-refractivity contribution in [1.29, 1.82) is 0 Å². The number of hydrogen-bond donors (Lipinski definition) is 0. The number of nitro benzene ring substituents is 1. The monoisotopic (exact) mass is 235 g/mol. The van der Waals surface area contributed by atoms with Gasteiger partial charge in [-0.3, -0.25) is 10.1 Å². The first-order valence-electron chi connectivity index (χ1n) is 6.43. The van der Waals surface area contributed by atoms with Gasteiger partial charge in [-0.15, -0.1) is 0 Å². The van der Waals surface area contributed by atoms with Gasteiger partial charge < -0.3 is 0 Å². The number of non-ortho nitro benzene ring substituents is 1. The van der Waals surface area contributed by atoms with E-state index in [-0.39, 0.29) is 10.6 Å². The molecule has 3 heteroatoms. The molecule has 0 aromatic heterocycles. The van der Waals surface area contributed by atoms with Crippen LogP contribution in [0.4, 0.5) is 5.69 Å². The van der Waals surface area contributed by atoms with Crippen LogP contribution in [0.1, 0.15) is 57.4 Å². The SMILES string of the molecule is CCCCC(CCC)c1ccc([N+](=O)[O-])cc1. The fourth-order valence-corrected chi connectivity index (χ4v) is 2.14. The van der Waals surface area contributed by atoms with E-state index in [4.69, 9.17) is 0 Å². The molecule has 0 aliphatic carbocycles. The summed E-state index contributed by atoms with van der Waals surface area (Å²) < 4.78 is 0. The number of benzene rings is 1. The zero-order valence-corrected chi connectivity index (χ0v) is 10.7. The Morgan fingerprint density at radius 1 is 1.12 bits per heavy atom. The summed E-state index contributed by atoms with van der Waals surface area (Å²) in [4.78, 5) is 10.2. The maximum Gasteiger partial charge on any atom is 0.269 e. The Bertz CT molecular complexity index is 346. The summed E-state index contributed by atoms with van der Waals surface area (Å²) in [5.74, 6) is 0.556. The van der Waals surface area contributed by atoms with Crippen LogP contribution in [-0.4, -0.2) is 4.92 Å². The highest BCUT2D eigenvalue weighted by molar-refractivity contribution is 5.34. The van der Waals surface area contributed by atoms with Crippen LogP contribution in [0.2, 0.25) is 0 Å². The van der Waals surface area contributed by atoms with Gasteiger partial charge in [-0.05, 0) is 24.3 Å². The number of rotatable bonds is 7. The smallest absolute Gasteiger partial charge is 0.258 e. The number of unbranched alkanes of at least 4 members (excludes halogenated alkanes) is 1. The van der Waals surface area contributed by atoms with Gasteiger partial charge in [-0.25, -0.2) is 0 Å². The van der Waals surface area contributed by atoms with Crippen molar-refractivity contribution in [1.82, 2.24) is 0 Å². The third-order valence-corrected chi connectivity index (χ3v) is 3.12. The van der Waals surface area contributed by atoms with E-state index in [2.05, 4.69) is 13.8 Å². The molecule has 0 saturated carbocycles. The summed E-state index contributed by atoms with van der Waals surface area (Å²) in [6.45, 7) is 4.38. The van der Waals surface area contributed by atoms with Crippen LogP contribution in [0.5, 0.6) is 0 Å². The maximum absolute atomic E-state index is 10.6. The average molecular weight is 235 g/mol. The highest BCUT2D eigenvalue weighted by atomic mass is 16.6. The van der Waals surface area contributed by atoms with Crippen molar-refractivity contribution in [3.63, 3.8) is 0 Å². The molecule has 17 heavy (non-hydrogen) atoms. The Morgan fingerprint density at radius 3 is 2.24 bits per heavy atom. The minimum absolute atomic E-state index is 0.180. The third kappa shape index (κ3) is 4.17. The van der Waals surface area contributed by atoms with Gasteiger partial charge in [0.2, 0.25) is 0 Å². The molecule has 0 aliphatic heterocycles. The van der Waals surface area contributed by atoms with Gasteiger partial charge >= 0.3 is 0 Å². The highest BCUT2D eigenvalue weighted by Crippen LogP contribution is 2.28. The Morgan fingerprint density at radius 2 is 1.76 bits per heavy atom. The minimum Gasteiger partial charge on any atom is -0.258 e. The van der Waals surface area contributed by atoms with Gasteiger partial charge in [-0.2, -0.15) is 0 Å². The molecular weight excluding hydrogens is 214 g/mol. The van der Waals surface area contributed by atoms with Gasteiger partial charge in [0.1, 0.15) is 0 Å². The third-order valence-electron chi connectivity index (χ3n) is 3.12. The lowest BCUT2D eigenvalue weighted by molar-refractivity contribution is -0.384. The minimum atomic E-state index is -0.343. The molecule has 0 N–H and O–H groups in total. The molecular formula is C14H21NO2. The lowest BCUT2D eigenvalue weighted by Crippen LogP contribution is -1.99. The summed E-state index contributed by atoms with van der Waals surface area (Å²) in [5, 5.41) is 10.6. The quantitative estimate of drug-likeness (QED) is 0.509. The number of hydrogen-bond acceptors (Lipinski definition) is 2. The molecule has 1 rings (SSSR count). The van der Waals surface area contributed by atoms with Crippen molar-refractivity contribution in [2.75, 3.05) is 0 Å². The van der Waals surface area contributed by atoms with Gasteiger partial charge in [0.25, 0.3) is 5.69 Å². The van der Waals surface area contributed by atoms with E-state index in [0.29, 0.717) is 5.92 Å². The molecule has 0 heterocycles. The summed E-state index contributed by atoms with van der Waals surface area (Å²) >= 11 is 0. The topological polar surface area (TPSA) is 43.1 Å². The largest absolute Gasteiger partial charge is 0.269 e. The predicted molar refractivity (Wildman–Crippen MR) is 70.3 cm³/mol.